The number of nitro groups is 1. The molecule has 1 heterocycles. The van der Waals surface area contributed by atoms with Crippen molar-refractivity contribution >= 4 is 17.0 Å². The molecule has 1 aliphatic rings. The van der Waals surface area contributed by atoms with Crippen molar-refractivity contribution in [1.82, 2.24) is 0 Å². The van der Waals surface area contributed by atoms with Crippen molar-refractivity contribution in [3.63, 3.8) is 0 Å². The Kier molecular flexibility index (Phi) is 6.98. The first kappa shape index (κ1) is 23.8. The summed E-state index contributed by atoms with van der Waals surface area (Å²) in [6.45, 7) is 6.35. The summed E-state index contributed by atoms with van der Waals surface area (Å²) in [4.78, 5) is 23.7. The van der Waals surface area contributed by atoms with Crippen LogP contribution < -0.4 is 14.2 Å². The van der Waals surface area contributed by atoms with Crippen molar-refractivity contribution < 1.29 is 33.8 Å². The Morgan fingerprint density at radius 2 is 1.83 bits per heavy atom. The smallest absolute Gasteiger partial charge is 0.270 e. The molecule has 35 heavy (non-hydrogen) atoms. The first-order valence-electron chi connectivity index (χ1n) is 10.8. The van der Waals surface area contributed by atoms with Crippen LogP contribution in [0.1, 0.15) is 34.0 Å². The number of hydrogen-bond acceptors (Lipinski definition) is 8. The zero-order valence-corrected chi connectivity index (χ0v) is 19.0. The van der Waals surface area contributed by atoms with Gasteiger partial charge in [0.05, 0.1) is 18.1 Å². The molecule has 0 bridgehead atoms. The molecule has 0 aliphatic carbocycles. The number of ether oxygens (including phenoxy) is 4. The molecule has 1 aliphatic heterocycles. The number of benzene rings is 3. The number of phenolic OH excluding ortho intramolecular Hbond substituents is 1. The molecule has 3 aromatic carbocycles. The number of fused-ring (bicyclic) bond motifs is 1. The molecule has 0 spiro atoms. The first-order valence-corrected chi connectivity index (χ1v) is 10.8. The van der Waals surface area contributed by atoms with E-state index in [1.807, 2.05) is 6.92 Å². The summed E-state index contributed by atoms with van der Waals surface area (Å²) in [5.41, 5.74) is 2.20. The van der Waals surface area contributed by atoms with Gasteiger partial charge in [-0.1, -0.05) is 12.6 Å². The van der Waals surface area contributed by atoms with Crippen molar-refractivity contribution in [2.24, 2.45) is 0 Å². The zero-order valence-electron chi connectivity index (χ0n) is 19.0. The minimum Gasteiger partial charge on any atom is -0.508 e. The average molecular weight is 477 g/mol. The Balaban J connectivity index is 1.58. The number of nitrogens with zero attached hydrogens (tertiary/aromatic N) is 1. The molecular weight excluding hydrogens is 454 g/mol. The van der Waals surface area contributed by atoms with E-state index in [-0.39, 0.29) is 42.8 Å². The number of rotatable bonds is 9. The third-order valence-corrected chi connectivity index (χ3v) is 5.36. The van der Waals surface area contributed by atoms with E-state index in [1.54, 1.807) is 18.2 Å². The highest BCUT2D eigenvalue weighted by molar-refractivity contribution is 6.28. The maximum absolute atomic E-state index is 12.8. The van der Waals surface area contributed by atoms with Gasteiger partial charge in [0.25, 0.3) is 5.69 Å². The number of hydrogen-bond donors (Lipinski definition) is 1. The number of ketones is 1. The van der Waals surface area contributed by atoms with Crippen LogP contribution in [0.25, 0.3) is 5.57 Å². The van der Waals surface area contributed by atoms with E-state index >= 15 is 0 Å². The van der Waals surface area contributed by atoms with Crippen LogP contribution in [-0.4, -0.2) is 29.2 Å². The normalized spacial score (nSPS) is 12.3. The summed E-state index contributed by atoms with van der Waals surface area (Å²) in [7, 11) is 0. The zero-order chi connectivity index (χ0) is 24.9. The van der Waals surface area contributed by atoms with Crippen LogP contribution in [0.2, 0.25) is 0 Å². The van der Waals surface area contributed by atoms with Crippen molar-refractivity contribution in [3.8, 4) is 23.0 Å². The Bertz CT molecular complexity index is 1280. The van der Waals surface area contributed by atoms with Crippen molar-refractivity contribution in [2.75, 3.05) is 13.4 Å². The standard InChI is InChI=1S/C26H23NO8/c1-3-33-24-12-18(16(2)25(29)17-4-7-22(28)8-5-17)6-9-23(24)34-14-20-11-21(27(30)31)10-19-13-32-15-35-26(19)20/h4-12,28H,2-3,13-15H2,1H3. The van der Waals surface area contributed by atoms with E-state index in [2.05, 4.69) is 6.58 Å². The molecule has 3 aromatic rings. The summed E-state index contributed by atoms with van der Waals surface area (Å²) in [6.07, 6.45) is 0. The lowest BCUT2D eigenvalue weighted by molar-refractivity contribution is -0.385. The largest absolute Gasteiger partial charge is 0.508 e. The topological polar surface area (TPSA) is 117 Å². The molecule has 9 nitrogen and oxygen atoms in total. The van der Waals surface area contributed by atoms with Crippen LogP contribution in [0.5, 0.6) is 23.0 Å². The molecule has 4 rings (SSSR count). The molecule has 0 fully saturated rings. The fraction of sp³-hybridized carbons (Fsp3) is 0.192. The van der Waals surface area contributed by atoms with Gasteiger partial charge in [0, 0.05) is 34.4 Å². The SMILES string of the molecule is C=C(C(=O)c1ccc(O)cc1)c1ccc(OCc2cc([N+](=O)[O-])cc3c2OCOC3)c(OCC)c1. The van der Waals surface area contributed by atoms with Gasteiger partial charge in [-0.25, -0.2) is 0 Å². The van der Waals surface area contributed by atoms with Crippen LogP contribution in [0, 0.1) is 10.1 Å². The summed E-state index contributed by atoms with van der Waals surface area (Å²) >= 11 is 0. The summed E-state index contributed by atoms with van der Waals surface area (Å²) in [6, 6.07) is 13.8. The fourth-order valence-electron chi connectivity index (χ4n) is 3.65. The first-order chi connectivity index (χ1) is 16.9. The third-order valence-electron chi connectivity index (χ3n) is 5.36. The van der Waals surface area contributed by atoms with Crippen molar-refractivity contribution in [3.05, 3.63) is 93.5 Å². The quantitative estimate of drug-likeness (QED) is 0.197. The van der Waals surface area contributed by atoms with Gasteiger partial charge >= 0.3 is 0 Å². The van der Waals surface area contributed by atoms with Crippen LogP contribution in [0.3, 0.4) is 0 Å². The summed E-state index contributed by atoms with van der Waals surface area (Å²) < 4.78 is 22.5. The van der Waals surface area contributed by atoms with Gasteiger partial charge in [-0.2, -0.15) is 0 Å². The van der Waals surface area contributed by atoms with Gasteiger partial charge in [-0.05, 0) is 48.9 Å². The molecule has 0 aromatic heterocycles. The van der Waals surface area contributed by atoms with Crippen LogP contribution in [0.4, 0.5) is 5.69 Å². The van der Waals surface area contributed by atoms with Gasteiger partial charge in [0.15, 0.2) is 24.1 Å². The fourth-order valence-corrected chi connectivity index (χ4v) is 3.65. The molecule has 180 valence electrons. The number of Topliss-reactive ketones (excluding diaryl/α,β-unsaturated/α-hetero) is 1. The molecule has 1 N–H and O–H groups in total. The predicted molar refractivity (Wildman–Crippen MR) is 127 cm³/mol. The lowest BCUT2D eigenvalue weighted by atomic mass is 9.98. The van der Waals surface area contributed by atoms with Gasteiger partial charge in [0.1, 0.15) is 18.1 Å². The number of aromatic hydroxyl groups is 1. The van der Waals surface area contributed by atoms with Gasteiger partial charge in [-0.3, -0.25) is 14.9 Å². The number of nitro benzene ring substituents is 1. The highest BCUT2D eigenvalue weighted by atomic mass is 16.7. The second-order valence-corrected chi connectivity index (χ2v) is 7.70. The van der Waals surface area contributed by atoms with E-state index in [9.17, 15) is 20.0 Å². The maximum Gasteiger partial charge on any atom is 0.270 e. The minimum atomic E-state index is -0.477. The molecular formula is C26H23NO8. The van der Waals surface area contributed by atoms with Crippen molar-refractivity contribution in [2.45, 2.75) is 20.1 Å². The highest BCUT2D eigenvalue weighted by Gasteiger charge is 2.22. The third kappa shape index (κ3) is 5.25. The average Bonchev–Trinajstić information content (AvgIpc) is 2.87. The predicted octanol–water partition coefficient (Wildman–Crippen LogP) is 5.04. The molecule has 9 heteroatoms. The molecule has 0 radical (unpaired) electrons. The van der Waals surface area contributed by atoms with E-state index in [1.165, 1.54) is 36.4 Å². The molecule has 0 amide bonds. The maximum atomic E-state index is 12.8. The van der Waals surface area contributed by atoms with Crippen molar-refractivity contribution in [1.29, 1.82) is 0 Å². The number of carbonyl (C=O) groups is 1. The number of carbonyl (C=O) groups excluding carboxylic acids is 1. The lowest BCUT2D eigenvalue weighted by Crippen LogP contribution is -2.14. The highest BCUT2D eigenvalue weighted by Crippen LogP contribution is 2.36. The molecule has 0 atom stereocenters. The Labute approximate surface area is 201 Å². The van der Waals surface area contributed by atoms with Gasteiger partial charge < -0.3 is 24.1 Å². The van der Waals surface area contributed by atoms with Crippen LogP contribution in [-0.2, 0) is 18.0 Å². The Morgan fingerprint density at radius 1 is 1.09 bits per heavy atom. The number of allylic oxidation sites excluding steroid dienone is 1. The van der Waals surface area contributed by atoms with Gasteiger partial charge in [-0.15, -0.1) is 0 Å². The number of non-ortho nitro benzene ring substituents is 1. The van der Waals surface area contributed by atoms with E-state index in [0.717, 1.165) is 0 Å². The molecule has 0 unspecified atom stereocenters. The van der Waals surface area contributed by atoms with E-state index in [0.29, 0.717) is 46.1 Å². The second-order valence-electron chi connectivity index (χ2n) is 7.70. The molecule has 0 saturated heterocycles. The minimum absolute atomic E-state index is 0.00316. The lowest BCUT2D eigenvalue weighted by Gasteiger charge is -2.21. The summed E-state index contributed by atoms with van der Waals surface area (Å²) in [5.74, 6) is 1.07. The second kappa shape index (κ2) is 10.3. The summed E-state index contributed by atoms with van der Waals surface area (Å²) in [5, 5.41) is 20.8. The number of phenols is 1. The monoisotopic (exact) mass is 477 g/mol. The molecule has 0 saturated carbocycles. The van der Waals surface area contributed by atoms with E-state index in [4.69, 9.17) is 18.9 Å². The van der Waals surface area contributed by atoms with Crippen LogP contribution >= 0.6 is 0 Å². The van der Waals surface area contributed by atoms with Gasteiger partial charge in [0.2, 0.25) is 0 Å². The van der Waals surface area contributed by atoms with Crippen LogP contribution in [0.15, 0.2) is 61.2 Å². The Morgan fingerprint density at radius 3 is 2.54 bits per heavy atom. The van der Waals surface area contributed by atoms with E-state index < -0.39 is 4.92 Å². The Hall–Kier alpha value is -4.37.